The van der Waals surface area contributed by atoms with Gasteiger partial charge in [0.15, 0.2) is 5.78 Å². The second kappa shape index (κ2) is 6.75. The van der Waals surface area contributed by atoms with E-state index in [9.17, 15) is 4.79 Å². The molecule has 0 spiro atoms. The van der Waals surface area contributed by atoms with Crippen molar-refractivity contribution in [1.82, 2.24) is 5.43 Å². The number of carbonyl (C=O) groups is 1. The van der Waals surface area contributed by atoms with E-state index in [0.717, 1.165) is 22.4 Å². The van der Waals surface area contributed by atoms with Gasteiger partial charge in [-0.25, -0.2) is 16.4 Å². The van der Waals surface area contributed by atoms with Gasteiger partial charge in [0.05, 0.1) is 5.69 Å². The summed E-state index contributed by atoms with van der Waals surface area (Å²) in [6.45, 7) is 12.1. The van der Waals surface area contributed by atoms with E-state index in [1.165, 1.54) is 5.12 Å². The number of nitrogens with zero attached hydrogens (tertiary/aromatic N) is 1. The topological polar surface area (TPSA) is 58.4 Å². The van der Waals surface area contributed by atoms with Crippen LogP contribution in [0.25, 0.3) is 0 Å². The SMILES string of the molecule is Cc1cc(C)cc(C(=O)c2cc(C)cc(N(N)NC(C)(C)C)c2)c1. The normalized spacial score (nSPS) is 11.5. The summed E-state index contributed by atoms with van der Waals surface area (Å²) < 4.78 is 0. The van der Waals surface area contributed by atoms with Gasteiger partial charge in [-0.15, -0.1) is 0 Å². The van der Waals surface area contributed by atoms with E-state index in [1.807, 2.05) is 71.9 Å². The van der Waals surface area contributed by atoms with Crippen LogP contribution >= 0.6 is 0 Å². The highest BCUT2D eigenvalue weighted by Crippen LogP contribution is 2.21. The van der Waals surface area contributed by atoms with Crippen molar-refractivity contribution in [1.29, 1.82) is 0 Å². The van der Waals surface area contributed by atoms with Gasteiger partial charge in [-0.2, -0.15) is 0 Å². The number of hydrogen-bond acceptors (Lipinski definition) is 4. The molecule has 0 unspecified atom stereocenters. The summed E-state index contributed by atoms with van der Waals surface area (Å²) in [6.07, 6.45) is 0. The van der Waals surface area contributed by atoms with E-state index in [4.69, 9.17) is 5.84 Å². The van der Waals surface area contributed by atoms with Crippen LogP contribution < -0.4 is 16.4 Å². The second-order valence-electron chi connectivity index (χ2n) is 7.49. The van der Waals surface area contributed by atoms with E-state index in [-0.39, 0.29) is 11.3 Å². The van der Waals surface area contributed by atoms with Crippen LogP contribution in [0.4, 0.5) is 5.69 Å². The molecule has 4 nitrogen and oxygen atoms in total. The molecule has 2 aromatic carbocycles. The molecule has 2 rings (SSSR count). The molecule has 3 N–H and O–H groups in total. The van der Waals surface area contributed by atoms with Crippen molar-refractivity contribution >= 4 is 11.5 Å². The van der Waals surface area contributed by atoms with Crippen molar-refractivity contribution < 1.29 is 4.79 Å². The molecular formula is C20H27N3O. The minimum absolute atomic E-state index is 0.0101. The first-order valence-electron chi connectivity index (χ1n) is 8.12. The van der Waals surface area contributed by atoms with Crippen molar-refractivity contribution in [2.75, 3.05) is 5.12 Å². The zero-order valence-corrected chi connectivity index (χ0v) is 15.4. The van der Waals surface area contributed by atoms with E-state index in [2.05, 4.69) is 11.5 Å². The van der Waals surface area contributed by atoms with Crippen LogP contribution in [-0.4, -0.2) is 11.3 Å². The largest absolute Gasteiger partial charge is 0.289 e. The van der Waals surface area contributed by atoms with Crippen molar-refractivity contribution in [2.45, 2.75) is 47.1 Å². The van der Waals surface area contributed by atoms with Gasteiger partial charge >= 0.3 is 0 Å². The maximum atomic E-state index is 12.9. The van der Waals surface area contributed by atoms with E-state index in [1.54, 1.807) is 0 Å². The number of anilines is 1. The minimum atomic E-state index is -0.170. The average Bonchev–Trinajstić information content (AvgIpc) is 2.43. The third kappa shape index (κ3) is 4.66. The standard InChI is InChI=1S/C20H27N3O/c1-13-7-14(2)9-16(8-13)19(24)17-10-15(3)11-18(12-17)23(21)22-20(4,5)6/h7-12,22H,21H2,1-6H3. The summed E-state index contributed by atoms with van der Waals surface area (Å²) in [5.41, 5.74) is 8.28. The van der Waals surface area contributed by atoms with Crippen LogP contribution in [0.1, 0.15) is 53.4 Å². The van der Waals surface area contributed by atoms with Gasteiger partial charge in [0.1, 0.15) is 0 Å². The van der Waals surface area contributed by atoms with E-state index < -0.39 is 0 Å². The van der Waals surface area contributed by atoms with Gasteiger partial charge in [0.2, 0.25) is 0 Å². The lowest BCUT2D eigenvalue weighted by molar-refractivity contribution is 0.103. The quantitative estimate of drug-likeness (QED) is 0.509. The zero-order valence-electron chi connectivity index (χ0n) is 15.4. The molecule has 4 heteroatoms. The highest BCUT2D eigenvalue weighted by molar-refractivity contribution is 6.09. The van der Waals surface area contributed by atoms with Gasteiger partial charge in [-0.1, -0.05) is 17.2 Å². The molecule has 128 valence electrons. The molecule has 0 radical (unpaired) electrons. The summed E-state index contributed by atoms with van der Waals surface area (Å²) in [5.74, 6) is 6.13. The zero-order chi connectivity index (χ0) is 18.1. The van der Waals surface area contributed by atoms with Gasteiger partial charge in [0, 0.05) is 16.7 Å². The molecule has 0 fully saturated rings. The predicted molar refractivity (Wildman–Crippen MR) is 100 cm³/mol. The van der Waals surface area contributed by atoms with Crippen LogP contribution in [-0.2, 0) is 0 Å². The monoisotopic (exact) mass is 325 g/mol. The number of nitrogens with two attached hydrogens (primary N) is 1. The summed E-state index contributed by atoms with van der Waals surface area (Å²) in [6, 6.07) is 11.6. The van der Waals surface area contributed by atoms with Gasteiger partial charge in [-0.3, -0.25) is 4.79 Å². The smallest absolute Gasteiger partial charge is 0.193 e. The number of benzene rings is 2. The second-order valence-corrected chi connectivity index (χ2v) is 7.49. The number of hydrogen-bond donors (Lipinski definition) is 2. The molecule has 0 bridgehead atoms. The molecule has 0 aliphatic carbocycles. The third-order valence-electron chi connectivity index (χ3n) is 3.54. The highest BCUT2D eigenvalue weighted by atomic mass is 16.1. The number of carbonyl (C=O) groups excluding carboxylic acids is 1. The molecule has 0 atom stereocenters. The van der Waals surface area contributed by atoms with Crippen molar-refractivity contribution in [2.24, 2.45) is 5.84 Å². The Hall–Kier alpha value is -2.17. The Bertz CT molecular complexity index is 740. The highest BCUT2D eigenvalue weighted by Gasteiger charge is 2.16. The fourth-order valence-electron chi connectivity index (χ4n) is 2.73. The first kappa shape index (κ1) is 18.2. The Kier molecular flexibility index (Phi) is 5.11. The van der Waals surface area contributed by atoms with Gasteiger partial charge in [0.25, 0.3) is 0 Å². The lowest BCUT2D eigenvalue weighted by Crippen LogP contribution is -2.53. The first-order chi connectivity index (χ1) is 11.0. The summed E-state index contributed by atoms with van der Waals surface area (Å²) in [4.78, 5) is 12.9. The van der Waals surface area contributed by atoms with Crippen LogP contribution in [0.15, 0.2) is 36.4 Å². The number of rotatable bonds is 4. The molecule has 0 saturated carbocycles. The molecule has 0 heterocycles. The molecular weight excluding hydrogens is 298 g/mol. The molecule has 0 aromatic heterocycles. The van der Waals surface area contributed by atoms with Crippen LogP contribution in [0, 0.1) is 20.8 Å². The van der Waals surface area contributed by atoms with Gasteiger partial charge < -0.3 is 0 Å². The van der Waals surface area contributed by atoms with Crippen molar-refractivity contribution in [3.63, 3.8) is 0 Å². The Labute approximate surface area is 144 Å². The Morgan fingerprint density at radius 2 is 1.33 bits per heavy atom. The Morgan fingerprint density at radius 1 is 0.875 bits per heavy atom. The van der Waals surface area contributed by atoms with Crippen LogP contribution in [0.3, 0.4) is 0 Å². The summed E-state index contributed by atoms with van der Waals surface area (Å²) in [5, 5.41) is 1.48. The summed E-state index contributed by atoms with van der Waals surface area (Å²) >= 11 is 0. The Balaban J connectivity index is 2.39. The first-order valence-corrected chi connectivity index (χ1v) is 8.12. The third-order valence-corrected chi connectivity index (χ3v) is 3.54. The lowest BCUT2D eigenvalue weighted by atomic mass is 9.98. The molecule has 2 aromatic rings. The maximum absolute atomic E-state index is 12.9. The van der Waals surface area contributed by atoms with Crippen molar-refractivity contribution in [3.8, 4) is 0 Å². The van der Waals surface area contributed by atoms with Crippen molar-refractivity contribution in [3.05, 3.63) is 64.2 Å². The lowest BCUT2D eigenvalue weighted by Gasteiger charge is -2.29. The minimum Gasteiger partial charge on any atom is -0.289 e. The number of hydrazine groups is 2. The average molecular weight is 325 g/mol. The number of ketones is 1. The van der Waals surface area contributed by atoms with Crippen LogP contribution in [0.2, 0.25) is 0 Å². The molecule has 0 aliphatic rings. The molecule has 0 amide bonds. The summed E-state index contributed by atoms with van der Waals surface area (Å²) in [7, 11) is 0. The molecule has 0 aliphatic heterocycles. The maximum Gasteiger partial charge on any atom is 0.193 e. The Morgan fingerprint density at radius 3 is 1.83 bits per heavy atom. The van der Waals surface area contributed by atoms with Gasteiger partial charge in [-0.05, 0) is 77.4 Å². The van der Waals surface area contributed by atoms with E-state index >= 15 is 0 Å². The number of aryl methyl sites for hydroxylation is 3. The fourth-order valence-corrected chi connectivity index (χ4v) is 2.73. The van der Waals surface area contributed by atoms with E-state index in [0.29, 0.717) is 11.1 Å². The molecule has 24 heavy (non-hydrogen) atoms. The number of nitrogens with one attached hydrogen (secondary N) is 1. The predicted octanol–water partition coefficient (Wildman–Crippen LogP) is 3.83. The molecule has 0 saturated heterocycles. The van der Waals surface area contributed by atoms with Crippen LogP contribution in [0.5, 0.6) is 0 Å². The fraction of sp³-hybridized carbons (Fsp3) is 0.350.